The first-order valence-electron chi connectivity index (χ1n) is 7.71. The highest BCUT2D eigenvalue weighted by molar-refractivity contribution is 5.90. The number of aromatic carboxylic acids is 1. The van der Waals surface area contributed by atoms with Gasteiger partial charge in [0.05, 0.1) is 5.56 Å². The Morgan fingerprint density at radius 1 is 1.00 bits per heavy atom. The molecule has 0 spiro atoms. The van der Waals surface area contributed by atoms with Crippen LogP contribution in [-0.2, 0) is 6.42 Å². The minimum atomic E-state index is -0.963. The highest BCUT2D eigenvalue weighted by Gasteiger charge is 2.12. The summed E-state index contributed by atoms with van der Waals surface area (Å²) in [5, 5.41) is 18.9. The van der Waals surface area contributed by atoms with Crippen LogP contribution in [0.25, 0.3) is 0 Å². The molecule has 1 rings (SSSR count). The molecule has 1 aromatic rings. The third-order valence-electron chi connectivity index (χ3n) is 3.66. The molecule has 112 valence electrons. The number of hydrogen-bond acceptors (Lipinski definition) is 2. The topological polar surface area (TPSA) is 57.5 Å². The van der Waals surface area contributed by atoms with Gasteiger partial charge in [-0.1, -0.05) is 57.9 Å². The monoisotopic (exact) mass is 278 g/mol. The fourth-order valence-corrected chi connectivity index (χ4v) is 2.47. The summed E-state index contributed by atoms with van der Waals surface area (Å²) in [6.45, 7) is 2.21. The molecule has 0 radical (unpaired) electrons. The minimum Gasteiger partial charge on any atom is -0.508 e. The number of unbranched alkanes of at least 4 members (excludes halogenated alkanes) is 7. The summed E-state index contributed by atoms with van der Waals surface area (Å²) < 4.78 is 0. The van der Waals surface area contributed by atoms with E-state index in [1.807, 2.05) is 0 Å². The number of phenols is 1. The predicted octanol–water partition coefficient (Wildman–Crippen LogP) is 4.77. The Morgan fingerprint density at radius 2 is 1.60 bits per heavy atom. The minimum absolute atomic E-state index is 0.104. The second-order valence-electron chi connectivity index (χ2n) is 5.33. The number of phenolic OH excluding ortho intramolecular Hbond substituents is 1. The molecule has 0 aromatic heterocycles. The summed E-state index contributed by atoms with van der Waals surface area (Å²) in [6, 6.07) is 4.70. The average Bonchev–Trinajstić information content (AvgIpc) is 2.43. The van der Waals surface area contributed by atoms with E-state index < -0.39 is 5.97 Å². The molecule has 0 aliphatic carbocycles. The van der Waals surface area contributed by atoms with Gasteiger partial charge < -0.3 is 10.2 Å². The summed E-state index contributed by atoms with van der Waals surface area (Å²) in [5.41, 5.74) is 0.805. The van der Waals surface area contributed by atoms with Crippen LogP contribution in [0.15, 0.2) is 18.2 Å². The van der Waals surface area contributed by atoms with Gasteiger partial charge >= 0.3 is 5.97 Å². The van der Waals surface area contributed by atoms with Gasteiger partial charge in [0.25, 0.3) is 0 Å². The van der Waals surface area contributed by atoms with Gasteiger partial charge in [0.2, 0.25) is 0 Å². The van der Waals surface area contributed by atoms with Gasteiger partial charge in [-0.05, 0) is 25.0 Å². The molecule has 0 saturated heterocycles. The zero-order valence-corrected chi connectivity index (χ0v) is 12.4. The Hall–Kier alpha value is -1.51. The molecule has 0 aliphatic heterocycles. The molecule has 0 fully saturated rings. The Labute approximate surface area is 121 Å². The first-order valence-corrected chi connectivity index (χ1v) is 7.71. The summed E-state index contributed by atoms with van der Waals surface area (Å²) in [6.07, 6.45) is 10.3. The van der Waals surface area contributed by atoms with Crippen LogP contribution in [0.2, 0.25) is 0 Å². The SMILES string of the molecule is CCCCCCCCCCc1c(O)cccc1C(=O)O. The van der Waals surface area contributed by atoms with E-state index in [2.05, 4.69) is 6.92 Å². The van der Waals surface area contributed by atoms with Crippen LogP contribution < -0.4 is 0 Å². The maximum atomic E-state index is 11.1. The molecule has 0 heterocycles. The number of benzene rings is 1. The Balaban J connectivity index is 2.30. The average molecular weight is 278 g/mol. The van der Waals surface area contributed by atoms with Gasteiger partial charge in [0, 0.05) is 5.56 Å². The molecule has 20 heavy (non-hydrogen) atoms. The van der Waals surface area contributed by atoms with Crippen LogP contribution in [0.3, 0.4) is 0 Å². The molecule has 2 N–H and O–H groups in total. The lowest BCUT2D eigenvalue weighted by Crippen LogP contribution is -2.02. The molecule has 0 unspecified atom stereocenters. The second-order valence-corrected chi connectivity index (χ2v) is 5.33. The number of hydrogen-bond donors (Lipinski definition) is 2. The Bertz CT molecular complexity index is 413. The van der Waals surface area contributed by atoms with E-state index in [1.165, 1.54) is 38.5 Å². The van der Waals surface area contributed by atoms with Crippen molar-refractivity contribution in [3.05, 3.63) is 29.3 Å². The van der Waals surface area contributed by atoms with Crippen LogP contribution >= 0.6 is 0 Å². The molecular formula is C17H26O3. The number of aromatic hydroxyl groups is 1. The Morgan fingerprint density at radius 3 is 2.20 bits per heavy atom. The zero-order valence-electron chi connectivity index (χ0n) is 12.4. The van der Waals surface area contributed by atoms with Gasteiger partial charge in [0.1, 0.15) is 5.75 Å². The second kappa shape index (κ2) is 9.40. The molecule has 3 nitrogen and oxygen atoms in total. The van der Waals surface area contributed by atoms with E-state index in [0.717, 1.165) is 12.8 Å². The number of carbonyl (C=O) groups is 1. The molecule has 0 aliphatic rings. The van der Waals surface area contributed by atoms with Crippen LogP contribution in [0.1, 0.15) is 74.2 Å². The lowest BCUT2D eigenvalue weighted by molar-refractivity contribution is 0.0695. The molecule has 0 atom stereocenters. The fourth-order valence-electron chi connectivity index (χ4n) is 2.47. The summed E-state index contributed by atoms with van der Waals surface area (Å²) >= 11 is 0. The summed E-state index contributed by atoms with van der Waals surface area (Å²) in [4.78, 5) is 11.1. The van der Waals surface area contributed by atoms with Gasteiger partial charge in [-0.2, -0.15) is 0 Å². The Kier molecular flexibility index (Phi) is 7.78. The number of rotatable bonds is 10. The summed E-state index contributed by atoms with van der Waals surface area (Å²) in [7, 11) is 0. The van der Waals surface area contributed by atoms with Crippen molar-refractivity contribution < 1.29 is 15.0 Å². The zero-order chi connectivity index (χ0) is 14.8. The van der Waals surface area contributed by atoms with E-state index in [9.17, 15) is 9.90 Å². The largest absolute Gasteiger partial charge is 0.508 e. The molecule has 3 heteroatoms. The standard InChI is InChI=1S/C17H26O3/c1-2-3-4-5-6-7-8-9-11-14-15(17(19)20)12-10-13-16(14)18/h10,12-13,18H,2-9,11H2,1H3,(H,19,20). The summed E-state index contributed by atoms with van der Waals surface area (Å²) in [5.74, 6) is -0.858. The number of carboxylic acid groups (broad SMARTS) is 1. The van der Waals surface area contributed by atoms with Crippen LogP contribution in [-0.4, -0.2) is 16.2 Å². The van der Waals surface area contributed by atoms with Crippen molar-refractivity contribution >= 4 is 5.97 Å². The third-order valence-corrected chi connectivity index (χ3v) is 3.66. The first kappa shape index (κ1) is 16.5. The molecule has 1 aromatic carbocycles. The van der Waals surface area contributed by atoms with Crippen molar-refractivity contribution in [1.82, 2.24) is 0 Å². The van der Waals surface area contributed by atoms with Gasteiger partial charge in [-0.15, -0.1) is 0 Å². The van der Waals surface area contributed by atoms with Crippen molar-refractivity contribution in [2.45, 2.75) is 64.7 Å². The van der Waals surface area contributed by atoms with Crippen molar-refractivity contribution in [1.29, 1.82) is 0 Å². The van der Waals surface area contributed by atoms with Crippen LogP contribution in [0.4, 0.5) is 0 Å². The van der Waals surface area contributed by atoms with E-state index in [1.54, 1.807) is 18.2 Å². The fraction of sp³-hybridized carbons (Fsp3) is 0.588. The molecule has 0 amide bonds. The highest BCUT2D eigenvalue weighted by Crippen LogP contribution is 2.23. The van der Waals surface area contributed by atoms with E-state index in [0.29, 0.717) is 12.0 Å². The van der Waals surface area contributed by atoms with E-state index in [4.69, 9.17) is 5.11 Å². The smallest absolute Gasteiger partial charge is 0.336 e. The number of carboxylic acids is 1. The van der Waals surface area contributed by atoms with Crippen LogP contribution in [0.5, 0.6) is 5.75 Å². The van der Waals surface area contributed by atoms with Crippen molar-refractivity contribution in [3.63, 3.8) is 0 Å². The predicted molar refractivity (Wildman–Crippen MR) is 81.4 cm³/mol. The van der Waals surface area contributed by atoms with Gasteiger partial charge in [-0.25, -0.2) is 4.79 Å². The van der Waals surface area contributed by atoms with Gasteiger partial charge in [-0.3, -0.25) is 0 Å². The van der Waals surface area contributed by atoms with E-state index >= 15 is 0 Å². The lowest BCUT2D eigenvalue weighted by atomic mass is 9.99. The van der Waals surface area contributed by atoms with Crippen molar-refractivity contribution in [2.75, 3.05) is 0 Å². The molecular weight excluding hydrogens is 252 g/mol. The normalized spacial score (nSPS) is 10.7. The quantitative estimate of drug-likeness (QED) is 0.606. The molecule has 0 saturated carbocycles. The maximum absolute atomic E-state index is 11.1. The first-order chi connectivity index (χ1) is 9.66. The van der Waals surface area contributed by atoms with Crippen molar-refractivity contribution in [3.8, 4) is 5.75 Å². The molecule has 0 bridgehead atoms. The maximum Gasteiger partial charge on any atom is 0.336 e. The van der Waals surface area contributed by atoms with E-state index in [-0.39, 0.29) is 11.3 Å². The third kappa shape index (κ3) is 5.64. The highest BCUT2D eigenvalue weighted by atomic mass is 16.4. The van der Waals surface area contributed by atoms with Crippen LogP contribution in [0, 0.1) is 0 Å². The lowest BCUT2D eigenvalue weighted by Gasteiger charge is -2.08. The van der Waals surface area contributed by atoms with Gasteiger partial charge in [0.15, 0.2) is 0 Å². The van der Waals surface area contributed by atoms with Crippen molar-refractivity contribution in [2.24, 2.45) is 0 Å².